The van der Waals surface area contributed by atoms with Crippen LogP contribution in [0.4, 0.5) is 0 Å². The molecule has 2 saturated heterocycles. The van der Waals surface area contributed by atoms with Crippen molar-refractivity contribution >= 4 is 17.5 Å². The predicted octanol–water partition coefficient (Wildman–Crippen LogP) is 1.72. The highest BCUT2D eigenvalue weighted by Crippen LogP contribution is 2.17. The molecular formula is C14H25ClN2O2. The van der Waals surface area contributed by atoms with Crippen LogP contribution in [-0.4, -0.2) is 67.0 Å². The van der Waals surface area contributed by atoms with Crippen LogP contribution in [0.25, 0.3) is 0 Å². The van der Waals surface area contributed by atoms with Crippen LogP contribution in [-0.2, 0) is 9.53 Å². The first-order valence-corrected chi connectivity index (χ1v) is 8.01. The highest BCUT2D eigenvalue weighted by atomic mass is 35.5. The standard InChI is InChI=1S/C14H25ClN2O2/c15-6-7-16-8-10-17(11-9-16)14(18)5-4-13-3-1-2-12-19-13/h13H,1-12H2. The van der Waals surface area contributed by atoms with Crippen molar-refractivity contribution in [3.63, 3.8) is 0 Å². The van der Waals surface area contributed by atoms with Gasteiger partial charge in [-0.15, -0.1) is 11.6 Å². The molecule has 0 saturated carbocycles. The molecular weight excluding hydrogens is 264 g/mol. The minimum atomic E-state index is 0.291. The van der Waals surface area contributed by atoms with Crippen LogP contribution in [0.2, 0.25) is 0 Å². The van der Waals surface area contributed by atoms with Crippen molar-refractivity contribution in [2.24, 2.45) is 0 Å². The second-order valence-corrected chi connectivity index (χ2v) is 5.82. The lowest BCUT2D eigenvalue weighted by atomic mass is 10.0. The molecule has 2 rings (SSSR count). The smallest absolute Gasteiger partial charge is 0.222 e. The monoisotopic (exact) mass is 288 g/mol. The zero-order chi connectivity index (χ0) is 13.5. The molecule has 1 atom stereocenters. The first-order valence-electron chi connectivity index (χ1n) is 7.47. The lowest BCUT2D eigenvalue weighted by Crippen LogP contribution is -2.49. The summed E-state index contributed by atoms with van der Waals surface area (Å²) in [6, 6.07) is 0. The number of carbonyl (C=O) groups excluding carboxylic acids is 1. The van der Waals surface area contributed by atoms with Crippen LogP contribution >= 0.6 is 11.6 Å². The van der Waals surface area contributed by atoms with E-state index in [4.69, 9.17) is 16.3 Å². The van der Waals surface area contributed by atoms with Crippen LogP contribution in [0.3, 0.4) is 0 Å². The summed E-state index contributed by atoms with van der Waals surface area (Å²) in [5, 5.41) is 0. The van der Waals surface area contributed by atoms with Crippen molar-refractivity contribution in [1.29, 1.82) is 0 Å². The molecule has 0 aliphatic carbocycles. The van der Waals surface area contributed by atoms with E-state index in [2.05, 4.69) is 4.90 Å². The van der Waals surface area contributed by atoms with Gasteiger partial charge in [-0.05, 0) is 25.7 Å². The third-order valence-corrected chi connectivity index (χ3v) is 4.25. The summed E-state index contributed by atoms with van der Waals surface area (Å²) in [7, 11) is 0. The number of hydrogen-bond acceptors (Lipinski definition) is 3. The first-order chi connectivity index (χ1) is 9.29. The van der Waals surface area contributed by atoms with Gasteiger partial charge >= 0.3 is 0 Å². The zero-order valence-electron chi connectivity index (χ0n) is 11.7. The average Bonchev–Trinajstić information content (AvgIpc) is 2.47. The number of ether oxygens (including phenoxy) is 1. The summed E-state index contributed by atoms with van der Waals surface area (Å²) in [6.07, 6.45) is 5.39. The summed E-state index contributed by atoms with van der Waals surface area (Å²) in [5.74, 6) is 0.965. The van der Waals surface area contributed by atoms with Crippen LogP contribution in [0.1, 0.15) is 32.1 Å². The minimum absolute atomic E-state index is 0.291. The number of amides is 1. The Morgan fingerprint density at radius 3 is 2.63 bits per heavy atom. The van der Waals surface area contributed by atoms with Gasteiger partial charge in [-0.2, -0.15) is 0 Å². The zero-order valence-corrected chi connectivity index (χ0v) is 12.4. The second kappa shape index (κ2) is 8.08. The lowest BCUT2D eigenvalue weighted by Gasteiger charge is -2.34. The first kappa shape index (κ1) is 15.1. The van der Waals surface area contributed by atoms with Gasteiger partial charge in [0.15, 0.2) is 0 Å². The van der Waals surface area contributed by atoms with Crippen LogP contribution in [0.15, 0.2) is 0 Å². The molecule has 5 heteroatoms. The molecule has 2 aliphatic rings. The van der Waals surface area contributed by atoms with Gasteiger partial charge in [0, 0.05) is 51.6 Å². The van der Waals surface area contributed by atoms with Gasteiger partial charge in [0.1, 0.15) is 0 Å². The van der Waals surface area contributed by atoms with E-state index < -0.39 is 0 Å². The van der Waals surface area contributed by atoms with Gasteiger partial charge in [0.2, 0.25) is 5.91 Å². The summed E-state index contributed by atoms with van der Waals surface area (Å²) < 4.78 is 5.67. The van der Waals surface area contributed by atoms with E-state index in [1.54, 1.807) is 0 Å². The van der Waals surface area contributed by atoms with Crippen LogP contribution in [0.5, 0.6) is 0 Å². The topological polar surface area (TPSA) is 32.8 Å². The molecule has 0 aromatic rings. The maximum absolute atomic E-state index is 12.1. The van der Waals surface area contributed by atoms with Crippen molar-refractivity contribution in [3.05, 3.63) is 0 Å². The van der Waals surface area contributed by atoms with Crippen molar-refractivity contribution in [3.8, 4) is 0 Å². The molecule has 0 N–H and O–H groups in total. The summed E-state index contributed by atoms with van der Waals surface area (Å²) in [5.41, 5.74) is 0. The molecule has 1 amide bonds. The van der Waals surface area contributed by atoms with E-state index in [-0.39, 0.29) is 0 Å². The largest absolute Gasteiger partial charge is 0.378 e. The molecule has 0 spiro atoms. The van der Waals surface area contributed by atoms with Gasteiger partial charge in [-0.25, -0.2) is 0 Å². The van der Waals surface area contributed by atoms with E-state index in [9.17, 15) is 4.79 Å². The fourth-order valence-corrected chi connectivity index (χ4v) is 3.06. The van der Waals surface area contributed by atoms with Gasteiger partial charge in [-0.3, -0.25) is 9.69 Å². The number of alkyl halides is 1. The Morgan fingerprint density at radius 2 is 2.00 bits per heavy atom. The normalized spacial score (nSPS) is 25.5. The van der Waals surface area contributed by atoms with Crippen LogP contribution in [0, 0.1) is 0 Å². The summed E-state index contributed by atoms with van der Waals surface area (Å²) >= 11 is 5.73. The molecule has 1 unspecified atom stereocenters. The van der Waals surface area contributed by atoms with E-state index in [0.717, 1.165) is 52.2 Å². The third-order valence-electron chi connectivity index (χ3n) is 4.08. The number of piperazine rings is 1. The Labute approximate surface area is 121 Å². The Balaban J connectivity index is 1.63. The van der Waals surface area contributed by atoms with Gasteiger partial charge in [0.05, 0.1) is 6.10 Å². The maximum Gasteiger partial charge on any atom is 0.222 e. The van der Waals surface area contributed by atoms with Crippen molar-refractivity contribution in [2.75, 3.05) is 45.2 Å². The number of halogens is 1. The highest BCUT2D eigenvalue weighted by Gasteiger charge is 2.22. The van der Waals surface area contributed by atoms with Gasteiger partial charge in [-0.1, -0.05) is 0 Å². The van der Waals surface area contributed by atoms with Gasteiger partial charge in [0.25, 0.3) is 0 Å². The molecule has 4 nitrogen and oxygen atoms in total. The highest BCUT2D eigenvalue weighted by molar-refractivity contribution is 6.18. The Bertz CT molecular complexity index is 275. The maximum atomic E-state index is 12.1. The Morgan fingerprint density at radius 1 is 1.21 bits per heavy atom. The van der Waals surface area contributed by atoms with E-state index >= 15 is 0 Å². The number of hydrogen-bond donors (Lipinski definition) is 0. The molecule has 0 bridgehead atoms. The number of nitrogens with zero attached hydrogens (tertiary/aromatic N) is 2. The molecule has 2 fully saturated rings. The van der Waals surface area contributed by atoms with Gasteiger partial charge < -0.3 is 9.64 Å². The second-order valence-electron chi connectivity index (χ2n) is 5.44. The summed E-state index contributed by atoms with van der Waals surface area (Å²) in [6.45, 7) is 5.41. The lowest BCUT2D eigenvalue weighted by molar-refractivity contribution is -0.133. The Hall–Kier alpha value is -0.320. The van der Waals surface area contributed by atoms with Crippen molar-refractivity contribution < 1.29 is 9.53 Å². The molecule has 2 heterocycles. The molecule has 2 aliphatic heterocycles. The summed E-state index contributed by atoms with van der Waals surface area (Å²) in [4.78, 5) is 16.4. The quantitative estimate of drug-likeness (QED) is 0.722. The van der Waals surface area contributed by atoms with Crippen molar-refractivity contribution in [2.45, 2.75) is 38.2 Å². The van der Waals surface area contributed by atoms with Crippen LogP contribution < -0.4 is 0 Å². The van der Waals surface area contributed by atoms with E-state index in [1.807, 2.05) is 4.90 Å². The molecule has 0 aromatic carbocycles. The minimum Gasteiger partial charge on any atom is -0.378 e. The molecule has 0 radical (unpaired) electrons. The molecule has 19 heavy (non-hydrogen) atoms. The fourth-order valence-electron chi connectivity index (χ4n) is 2.82. The average molecular weight is 289 g/mol. The molecule has 0 aromatic heterocycles. The SMILES string of the molecule is O=C(CCC1CCCCO1)N1CCN(CCCl)CC1. The third kappa shape index (κ3) is 4.93. The fraction of sp³-hybridized carbons (Fsp3) is 0.929. The van der Waals surface area contributed by atoms with Crippen molar-refractivity contribution in [1.82, 2.24) is 9.80 Å². The molecule has 110 valence electrons. The predicted molar refractivity (Wildman–Crippen MR) is 76.6 cm³/mol. The van der Waals surface area contributed by atoms with E-state index in [0.29, 0.717) is 24.3 Å². The Kier molecular flexibility index (Phi) is 6.41. The van der Waals surface area contributed by atoms with E-state index in [1.165, 1.54) is 12.8 Å². The number of rotatable bonds is 5. The number of carbonyl (C=O) groups is 1.